The predicted octanol–water partition coefficient (Wildman–Crippen LogP) is 3.26. The van der Waals surface area contributed by atoms with Crippen molar-refractivity contribution in [2.45, 2.75) is 51.1 Å². The first kappa shape index (κ1) is 20.2. The third-order valence-corrected chi connectivity index (χ3v) is 5.33. The standard InChI is InChI=1S/C17H25N3O.2ClH/c1-11(14-6-3-7-19-10-14)20-17(21)15-8-12-4-2-5-13(9-15)16(12)18;;/h3,6-7,10-13,15-16H,2,4-5,8-9,18H2,1H3,(H,20,21);2*1H/t11-,12?,13?,15?,16?;;/m0../s1. The summed E-state index contributed by atoms with van der Waals surface area (Å²) in [5, 5.41) is 3.15. The Morgan fingerprint density at radius 3 is 2.52 bits per heavy atom. The number of nitrogens with zero attached hydrogens (tertiary/aromatic N) is 1. The maximum Gasteiger partial charge on any atom is 0.223 e. The van der Waals surface area contributed by atoms with Crippen molar-refractivity contribution in [3.05, 3.63) is 30.1 Å². The van der Waals surface area contributed by atoms with Crippen LogP contribution in [0, 0.1) is 17.8 Å². The third-order valence-electron chi connectivity index (χ3n) is 5.33. The Labute approximate surface area is 150 Å². The summed E-state index contributed by atoms with van der Waals surface area (Å²) in [5.41, 5.74) is 7.35. The average molecular weight is 360 g/mol. The molecule has 2 aliphatic rings. The topological polar surface area (TPSA) is 68.0 Å². The highest BCUT2D eigenvalue weighted by molar-refractivity contribution is 5.85. The first-order chi connectivity index (χ1) is 10.1. The lowest BCUT2D eigenvalue weighted by atomic mass is 9.65. The number of fused-ring (bicyclic) bond motifs is 2. The molecule has 3 atom stereocenters. The van der Waals surface area contributed by atoms with Crippen LogP contribution < -0.4 is 11.1 Å². The molecular weight excluding hydrogens is 333 g/mol. The van der Waals surface area contributed by atoms with E-state index in [0.29, 0.717) is 17.9 Å². The number of pyridine rings is 1. The lowest BCUT2D eigenvalue weighted by Gasteiger charge is -2.43. The second-order valence-corrected chi connectivity index (χ2v) is 6.71. The lowest BCUT2D eigenvalue weighted by molar-refractivity contribution is -0.128. The summed E-state index contributed by atoms with van der Waals surface area (Å²) in [6.45, 7) is 2.02. The van der Waals surface area contributed by atoms with Crippen LogP contribution in [0.4, 0.5) is 0 Å². The molecule has 1 aromatic rings. The van der Waals surface area contributed by atoms with Crippen molar-refractivity contribution in [3.8, 4) is 0 Å². The average Bonchev–Trinajstić information content (AvgIpc) is 2.47. The van der Waals surface area contributed by atoms with Gasteiger partial charge in [0.1, 0.15) is 0 Å². The Kier molecular flexibility index (Phi) is 7.78. The van der Waals surface area contributed by atoms with E-state index in [0.717, 1.165) is 18.4 Å². The highest BCUT2D eigenvalue weighted by atomic mass is 35.5. The molecule has 2 saturated carbocycles. The van der Waals surface area contributed by atoms with Gasteiger partial charge in [-0.2, -0.15) is 0 Å². The fourth-order valence-corrected chi connectivity index (χ4v) is 4.05. The van der Waals surface area contributed by atoms with E-state index >= 15 is 0 Å². The highest BCUT2D eigenvalue weighted by Gasteiger charge is 2.40. The largest absolute Gasteiger partial charge is 0.349 e. The predicted molar refractivity (Wildman–Crippen MR) is 96.8 cm³/mol. The van der Waals surface area contributed by atoms with Crippen LogP contribution in [0.5, 0.6) is 0 Å². The summed E-state index contributed by atoms with van der Waals surface area (Å²) < 4.78 is 0. The number of nitrogens with two attached hydrogens (primary N) is 1. The molecule has 0 spiro atoms. The molecule has 0 saturated heterocycles. The molecule has 2 fully saturated rings. The summed E-state index contributed by atoms with van der Waals surface area (Å²) >= 11 is 0. The molecule has 23 heavy (non-hydrogen) atoms. The minimum Gasteiger partial charge on any atom is -0.349 e. The van der Waals surface area contributed by atoms with Crippen molar-refractivity contribution in [3.63, 3.8) is 0 Å². The summed E-state index contributed by atoms with van der Waals surface area (Å²) in [5.74, 6) is 1.42. The number of halogens is 2. The first-order valence-corrected chi connectivity index (χ1v) is 8.11. The fraction of sp³-hybridized carbons (Fsp3) is 0.647. The van der Waals surface area contributed by atoms with E-state index in [2.05, 4.69) is 10.3 Å². The monoisotopic (exact) mass is 359 g/mol. The van der Waals surface area contributed by atoms with Gasteiger partial charge in [0.25, 0.3) is 0 Å². The van der Waals surface area contributed by atoms with E-state index < -0.39 is 0 Å². The molecule has 2 aliphatic carbocycles. The molecule has 3 rings (SSSR count). The van der Waals surface area contributed by atoms with E-state index in [9.17, 15) is 4.79 Å². The molecule has 0 radical (unpaired) electrons. The Morgan fingerprint density at radius 1 is 1.30 bits per heavy atom. The van der Waals surface area contributed by atoms with Crippen LogP contribution in [-0.2, 0) is 4.79 Å². The van der Waals surface area contributed by atoms with Gasteiger partial charge >= 0.3 is 0 Å². The maximum atomic E-state index is 12.5. The van der Waals surface area contributed by atoms with Gasteiger partial charge in [-0.05, 0) is 56.1 Å². The number of amides is 1. The van der Waals surface area contributed by atoms with E-state index in [1.54, 1.807) is 6.20 Å². The molecule has 1 amide bonds. The van der Waals surface area contributed by atoms with Crippen molar-refractivity contribution in [1.82, 2.24) is 10.3 Å². The van der Waals surface area contributed by atoms with Gasteiger partial charge in [0.2, 0.25) is 5.91 Å². The molecule has 1 heterocycles. The van der Waals surface area contributed by atoms with Crippen molar-refractivity contribution >= 4 is 30.7 Å². The second-order valence-electron chi connectivity index (χ2n) is 6.71. The zero-order valence-corrected chi connectivity index (χ0v) is 15.1. The number of carbonyl (C=O) groups excluding carboxylic acids is 1. The van der Waals surface area contributed by atoms with Crippen LogP contribution in [0.15, 0.2) is 24.5 Å². The van der Waals surface area contributed by atoms with Crippen LogP contribution in [0.1, 0.15) is 50.6 Å². The molecule has 1 aromatic heterocycles. The lowest BCUT2D eigenvalue weighted by Crippen LogP contribution is -2.49. The van der Waals surface area contributed by atoms with Crippen LogP contribution in [0.25, 0.3) is 0 Å². The molecule has 6 heteroatoms. The van der Waals surface area contributed by atoms with Crippen molar-refractivity contribution in [2.75, 3.05) is 0 Å². The summed E-state index contributed by atoms with van der Waals surface area (Å²) in [6, 6.07) is 4.24. The minimum atomic E-state index is 0. The van der Waals surface area contributed by atoms with Gasteiger partial charge in [-0.3, -0.25) is 9.78 Å². The van der Waals surface area contributed by atoms with E-state index in [1.807, 2.05) is 25.3 Å². The van der Waals surface area contributed by atoms with Crippen LogP contribution in [0.3, 0.4) is 0 Å². The normalized spacial score (nSPS) is 30.3. The van der Waals surface area contributed by atoms with E-state index in [4.69, 9.17) is 5.73 Å². The molecular formula is C17H27Cl2N3O. The smallest absolute Gasteiger partial charge is 0.223 e. The molecule has 0 aromatic carbocycles. The van der Waals surface area contributed by atoms with Gasteiger partial charge in [0.05, 0.1) is 6.04 Å². The van der Waals surface area contributed by atoms with Gasteiger partial charge in [-0.25, -0.2) is 0 Å². The SMILES string of the molecule is C[C@H](NC(=O)C1CC2CCCC(C1)C2N)c1cccnc1.Cl.Cl. The van der Waals surface area contributed by atoms with Gasteiger partial charge in [0, 0.05) is 24.4 Å². The number of rotatable bonds is 3. The number of hydrogen-bond donors (Lipinski definition) is 2. The van der Waals surface area contributed by atoms with Crippen molar-refractivity contribution in [2.24, 2.45) is 23.5 Å². The molecule has 0 aliphatic heterocycles. The quantitative estimate of drug-likeness (QED) is 0.869. The Bertz CT molecular complexity index is 486. The number of nitrogens with one attached hydrogen (secondary N) is 1. The Hall–Kier alpha value is -0.840. The Balaban J connectivity index is 0.00000132. The van der Waals surface area contributed by atoms with Crippen molar-refractivity contribution in [1.29, 1.82) is 0 Å². The van der Waals surface area contributed by atoms with Crippen molar-refractivity contribution < 1.29 is 4.79 Å². The summed E-state index contributed by atoms with van der Waals surface area (Å²) in [6.07, 6.45) is 9.16. The highest BCUT2D eigenvalue weighted by Crippen LogP contribution is 2.42. The van der Waals surface area contributed by atoms with Gasteiger partial charge in [-0.15, -0.1) is 24.8 Å². The number of aromatic nitrogens is 1. The molecule has 2 unspecified atom stereocenters. The number of hydrogen-bond acceptors (Lipinski definition) is 3. The third kappa shape index (κ3) is 4.59. The fourth-order valence-electron chi connectivity index (χ4n) is 4.05. The molecule has 130 valence electrons. The maximum absolute atomic E-state index is 12.5. The molecule has 2 bridgehead atoms. The van der Waals surface area contributed by atoms with Crippen LogP contribution in [-0.4, -0.2) is 16.9 Å². The minimum absolute atomic E-state index is 0. The van der Waals surface area contributed by atoms with Crippen LogP contribution >= 0.6 is 24.8 Å². The van der Waals surface area contributed by atoms with Gasteiger partial charge in [-0.1, -0.05) is 12.5 Å². The second kappa shape index (κ2) is 8.86. The molecule has 3 N–H and O–H groups in total. The summed E-state index contributed by atoms with van der Waals surface area (Å²) in [7, 11) is 0. The van der Waals surface area contributed by atoms with E-state index in [1.165, 1.54) is 19.3 Å². The van der Waals surface area contributed by atoms with E-state index in [-0.39, 0.29) is 42.7 Å². The Morgan fingerprint density at radius 2 is 1.96 bits per heavy atom. The summed E-state index contributed by atoms with van der Waals surface area (Å²) in [4.78, 5) is 16.7. The zero-order chi connectivity index (χ0) is 14.8. The van der Waals surface area contributed by atoms with Gasteiger partial charge in [0.15, 0.2) is 0 Å². The molecule has 4 nitrogen and oxygen atoms in total. The zero-order valence-electron chi connectivity index (χ0n) is 13.5. The van der Waals surface area contributed by atoms with Gasteiger partial charge < -0.3 is 11.1 Å². The number of carbonyl (C=O) groups is 1. The van der Waals surface area contributed by atoms with Crippen LogP contribution in [0.2, 0.25) is 0 Å². The first-order valence-electron chi connectivity index (χ1n) is 8.11.